The van der Waals surface area contributed by atoms with E-state index >= 15 is 0 Å². The number of hydrogen-bond donors (Lipinski definition) is 1. The Morgan fingerprint density at radius 2 is 1.77 bits per heavy atom. The highest BCUT2D eigenvalue weighted by Crippen LogP contribution is 2.50. The zero-order valence-electron chi connectivity index (χ0n) is 13.5. The molecular formula is C20H23NO. The van der Waals surface area contributed by atoms with Gasteiger partial charge in [0, 0.05) is 18.8 Å². The van der Waals surface area contributed by atoms with Gasteiger partial charge >= 0.3 is 0 Å². The summed E-state index contributed by atoms with van der Waals surface area (Å²) in [6.45, 7) is 4.36. The second-order valence-corrected chi connectivity index (χ2v) is 6.16. The quantitative estimate of drug-likeness (QED) is 0.892. The maximum atomic E-state index is 9.99. The van der Waals surface area contributed by atoms with Crippen molar-refractivity contribution in [1.29, 1.82) is 0 Å². The summed E-state index contributed by atoms with van der Waals surface area (Å²) in [6, 6.07) is 18.8. The van der Waals surface area contributed by atoms with E-state index in [0.29, 0.717) is 11.8 Å². The third kappa shape index (κ3) is 2.10. The molecule has 2 atom stereocenters. The number of phenols is 1. The molecule has 2 aromatic rings. The van der Waals surface area contributed by atoms with Crippen LogP contribution in [0.2, 0.25) is 0 Å². The number of aromatic hydroxyl groups is 1. The molecule has 2 aromatic carbocycles. The fourth-order valence-electron chi connectivity index (χ4n) is 3.87. The number of likely N-dealkylation sites (tertiary alicyclic amines) is 1. The van der Waals surface area contributed by atoms with E-state index in [0.717, 1.165) is 12.0 Å². The van der Waals surface area contributed by atoms with Gasteiger partial charge in [-0.1, -0.05) is 48.5 Å². The van der Waals surface area contributed by atoms with Gasteiger partial charge < -0.3 is 10.0 Å². The van der Waals surface area contributed by atoms with Gasteiger partial charge in [-0.05, 0) is 43.5 Å². The molecule has 0 radical (unpaired) electrons. The number of rotatable bonds is 2. The third-order valence-electron chi connectivity index (χ3n) is 4.96. The predicted octanol–water partition coefficient (Wildman–Crippen LogP) is 4.31. The summed E-state index contributed by atoms with van der Waals surface area (Å²) in [4.78, 5) is 2.36. The summed E-state index contributed by atoms with van der Waals surface area (Å²) in [5, 5.41) is 9.99. The van der Waals surface area contributed by atoms with Crippen molar-refractivity contribution >= 4 is 0 Å². The van der Waals surface area contributed by atoms with Crippen molar-refractivity contribution < 1.29 is 5.11 Å². The molecule has 2 unspecified atom stereocenters. The Labute approximate surface area is 132 Å². The molecule has 3 rings (SSSR count). The van der Waals surface area contributed by atoms with Crippen LogP contribution in [0.4, 0.5) is 0 Å². The molecule has 1 heterocycles. The zero-order chi connectivity index (χ0) is 15.7. The number of likely N-dealkylation sites (N-methyl/N-ethyl adjacent to an activating group) is 1. The van der Waals surface area contributed by atoms with Gasteiger partial charge in [0.05, 0.1) is 5.41 Å². The molecule has 1 aliphatic rings. The molecule has 2 heteroatoms. The van der Waals surface area contributed by atoms with E-state index in [4.69, 9.17) is 0 Å². The van der Waals surface area contributed by atoms with Gasteiger partial charge in [0.2, 0.25) is 0 Å². The van der Waals surface area contributed by atoms with Crippen LogP contribution >= 0.6 is 0 Å². The summed E-state index contributed by atoms with van der Waals surface area (Å²) in [7, 11) is 2.16. The minimum absolute atomic E-state index is 0.192. The van der Waals surface area contributed by atoms with Crippen LogP contribution in [0.25, 0.3) is 0 Å². The molecule has 0 spiro atoms. The fourth-order valence-corrected chi connectivity index (χ4v) is 3.87. The molecule has 114 valence electrons. The van der Waals surface area contributed by atoms with Crippen LogP contribution in [0.3, 0.4) is 0 Å². The lowest BCUT2D eigenvalue weighted by Gasteiger charge is -2.33. The molecule has 1 fully saturated rings. The van der Waals surface area contributed by atoms with E-state index in [-0.39, 0.29) is 5.41 Å². The van der Waals surface area contributed by atoms with Gasteiger partial charge in [-0.25, -0.2) is 0 Å². The Balaban J connectivity index is 2.29. The smallest absolute Gasteiger partial charge is 0.115 e. The number of hydrogen-bond acceptors (Lipinski definition) is 2. The Hall–Kier alpha value is -2.22. The Bertz CT molecular complexity index is 692. The van der Waals surface area contributed by atoms with Crippen molar-refractivity contribution in [3.63, 3.8) is 0 Å². The van der Waals surface area contributed by atoms with Crippen LogP contribution in [0, 0.1) is 0 Å². The first-order chi connectivity index (χ1) is 10.6. The first kappa shape index (κ1) is 14.7. The highest BCUT2D eigenvalue weighted by molar-refractivity contribution is 5.52. The van der Waals surface area contributed by atoms with Crippen molar-refractivity contribution in [3.05, 3.63) is 77.5 Å². The lowest BCUT2D eigenvalue weighted by Crippen LogP contribution is -2.29. The number of allylic oxidation sites excluding steroid dienone is 2. The van der Waals surface area contributed by atoms with Crippen molar-refractivity contribution in [3.8, 4) is 5.75 Å². The van der Waals surface area contributed by atoms with Crippen molar-refractivity contribution in [1.82, 2.24) is 4.90 Å². The SMILES string of the molecule is CC=C1N(C)C(C)CC1(c1ccccc1)c1cccc(O)c1. The maximum absolute atomic E-state index is 9.99. The van der Waals surface area contributed by atoms with Gasteiger partial charge in [0.25, 0.3) is 0 Å². The van der Waals surface area contributed by atoms with Crippen LogP contribution in [0.15, 0.2) is 66.4 Å². The van der Waals surface area contributed by atoms with E-state index in [2.05, 4.69) is 68.3 Å². The van der Waals surface area contributed by atoms with Crippen LogP contribution in [-0.4, -0.2) is 23.1 Å². The minimum atomic E-state index is -0.192. The molecular weight excluding hydrogens is 270 g/mol. The number of benzene rings is 2. The van der Waals surface area contributed by atoms with E-state index < -0.39 is 0 Å². The molecule has 0 bridgehead atoms. The molecule has 0 aliphatic carbocycles. The second-order valence-electron chi connectivity index (χ2n) is 6.16. The van der Waals surface area contributed by atoms with Gasteiger partial charge in [0.15, 0.2) is 0 Å². The largest absolute Gasteiger partial charge is 0.508 e. The molecule has 1 saturated heterocycles. The summed E-state index contributed by atoms with van der Waals surface area (Å²) in [5.74, 6) is 0.325. The Kier molecular flexibility index (Phi) is 3.69. The van der Waals surface area contributed by atoms with E-state index in [1.165, 1.54) is 11.3 Å². The predicted molar refractivity (Wildman–Crippen MR) is 90.9 cm³/mol. The van der Waals surface area contributed by atoms with Gasteiger partial charge in [-0.2, -0.15) is 0 Å². The Morgan fingerprint density at radius 3 is 2.41 bits per heavy atom. The standard InChI is InChI=1S/C20H23NO/c1-4-19-20(14-15(2)21(19)3,16-9-6-5-7-10-16)17-11-8-12-18(22)13-17/h4-13,15,22H,14H2,1-3H3. The minimum Gasteiger partial charge on any atom is -0.508 e. The average Bonchev–Trinajstić information content (AvgIpc) is 2.80. The van der Waals surface area contributed by atoms with Crippen molar-refractivity contribution in [2.45, 2.75) is 31.7 Å². The zero-order valence-corrected chi connectivity index (χ0v) is 13.5. The lowest BCUT2D eigenvalue weighted by molar-refractivity contribution is 0.375. The molecule has 1 aliphatic heterocycles. The maximum Gasteiger partial charge on any atom is 0.115 e. The van der Waals surface area contributed by atoms with Gasteiger partial charge in [0.1, 0.15) is 5.75 Å². The van der Waals surface area contributed by atoms with E-state index in [1.807, 2.05) is 12.1 Å². The monoisotopic (exact) mass is 293 g/mol. The Morgan fingerprint density at radius 1 is 1.09 bits per heavy atom. The normalized spacial score (nSPS) is 26.6. The number of nitrogens with zero attached hydrogens (tertiary/aromatic N) is 1. The first-order valence-electron chi connectivity index (χ1n) is 7.84. The molecule has 0 aromatic heterocycles. The van der Waals surface area contributed by atoms with Gasteiger partial charge in [-0.3, -0.25) is 0 Å². The lowest BCUT2D eigenvalue weighted by atomic mass is 9.70. The topological polar surface area (TPSA) is 23.5 Å². The van der Waals surface area contributed by atoms with E-state index in [1.54, 1.807) is 6.07 Å². The van der Waals surface area contributed by atoms with Crippen LogP contribution in [-0.2, 0) is 5.41 Å². The molecule has 0 amide bonds. The highest BCUT2D eigenvalue weighted by atomic mass is 16.3. The average molecular weight is 293 g/mol. The summed E-state index contributed by atoms with van der Waals surface area (Å²) in [6.07, 6.45) is 3.22. The summed E-state index contributed by atoms with van der Waals surface area (Å²) >= 11 is 0. The highest BCUT2D eigenvalue weighted by Gasteiger charge is 2.47. The van der Waals surface area contributed by atoms with E-state index in [9.17, 15) is 5.11 Å². The van der Waals surface area contributed by atoms with Gasteiger partial charge in [-0.15, -0.1) is 0 Å². The molecule has 0 saturated carbocycles. The summed E-state index contributed by atoms with van der Waals surface area (Å²) in [5.41, 5.74) is 3.55. The molecule has 22 heavy (non-hydrogen) atoms. The molecule has 1 N–H and O–H groups in total. The van der Waals surface area contributed by atoms with Crippen molar-refractivity contribution in [2.75, 3.05) is 7.05 Å². The van der Waals surface area contributed by atoms with Crippen LogP contribution < -0.4 is 0 Å². The second kappa shape index (κ2) is 5.53. The summed E-state index contributed by atoms with van der Waals surface area (Å²) < 4.78 is 0. The first-order valence-corrected chi connectivity index (χ1v) is 7.84. The number of phenolic OH excluding ortho intramolecular Hbond substituents is 1. The fraction of sp³-hybridized carbons (Fsp3) is 0.300. The van der Waals surface area contributed by atoms with Crippen LogP contribution in [0.1, 0.15) is 31.4 Å². The van der Waals surface area contributed by atoms with Crippen molar-refractivity contribution in [2.24, 2.45) is 0 Å². The molecule has 2 nitrogen and oxygen atoms in total. The van der Waals surface area contributed by atoms with Crippen LogP contribution in [0.5, 0.6) is 5.75 Å². The third-order valence-corrected chi connectivity index (χ3v) is 4.96.